The van der Waals surface area contributed by atoms with E-state index in [0.717, 1.165) is 66.8 Å². The van der Waals surface area contributed by atoms with Gasteiger partial charge in [0.25, 0.3) is 0 Å². The Bertz CT molecular complexity index is 1650. The molecule has 7 nitrogen and oxygen atoms in total. The van der Waals surface area contributed by atoms with Crippen molar-refractivity contribution in [1.82, 2.24) is 19.9 Å². The molecular formula is C26H24FN5O2. The van der Waals surface area contributed by atoms with Gasteiger partial charge in [0, 0.05) is 38.6 Å². The fourth-order valence-corrected chi connectivity index (χ4v) is 5.26. The highest BCUT2D eigenvalue weighted by molar-refractivity contribution is 6.15. The number of hydrogen-bond donors (Lipinski definition) is 2. The lowest BCUT2D eigenvalue weighted by Gasteiger charge is -2.18. The van der Waals surface area contributed by atoms with E-state index in [1.807, 2.05) is 33.8 Å². The summed E-state index contributed by atoms with van der Waals surface area (Å²) in [5.74, 6) is 1.13. The molecule has 5 aromatic rings. The number of methoxy groups -OCH3 is 1. The summed E-state index contributed by atoms with van der Waals surface area (Å²) < 4.78 is 19.7. The summed E-state index contributed by atoms with van der Waals surface area (Å²) in [7, 11) is 1.67. The van der Waals surface area contributed by atoms with Gasteiger partial charge in [0.05, 0.1) is 29.8 Å². The average molecular weight is 458 g/mol. The minimum absolute atomic E-state index is 0.00353. The van der Waals surface area contributed by atoms with Gasteiger partial charge in [-0.1, -0.05) is 5.16 Å². The van der Waals surface area contributed by atoms with Gasteiger partial charge in [-0.3, -0.25) is 0 Å². The Morgan fingerprint density at radius 3 is 2.53 bits per heavy atom. The highest BCUT2D eigenvalue weighted by Crippen LogP contribution is 2.42. The number of halogens is 1. The van der Waals surface area contributed by atoms with E-state index in [0.29, 0.717) is 5.82 Å². The summed E-state index contributed by atoms with van der Waals surface area (Å²) in [5.41, 5.74) is 7.00. The lowest BCUT2D eigenvalue weighted by Crippen LogP contribution is -2.17. The maximum atomic E-state index is 13.9. The molecule has 34 heavy (non-hydrogen) atoms. The number of aromatic nitrogens is 4. The Hall–Kier alpha value is -3.94. The first-order valence-electron chi connectivity index (χ1n) is 11.2. The Balaban J connectivity index is 1.67. The lowest BCUT2D eigenvalue weighted by molar-refractivity contribution is 0.0900. The van der Waals surface area contributed by atoms with Crippen molar-refractivity contribution in [2.45, 2.75) is 39.7 Å². The number of nitrogens with one attached hydrogen (secondary N) is 2. The van der Waals surface area contributed by atoms with Gasteiger partial charge in [0.15, 0.2) is 0 Å². The number of oxime groups is 1. The van der Waals surface area contributed by atoms with E-state index in [9.17, 15) is 4.39 Å². The number of rotatable bonds is 3. The predicted octanol–water partition coefficient (Wildman–Crippen LogP) is 5.90. The van der Waals surface area contributed by atoms with E-state index in [-0.39, 0.29) is 17.8 Å². The van der Waals surface area contributed by atoms with Crippen molar-refractivity contribution in [3.63, 3.8) is 0 Å². The first kappa shape index (κ1) is 20.7. The number of aryl methyl sites for hydroxylation is 2. The first-order chi connectivity index (χ1) is 16.4. The smallest absolute Gasteiger partial charge is 0.142 e. The van der Waals surface area contributed by atoms with Crippen molar-refractivity contribution < 1.29 is 14.0 Å². The highest BCUT2D eigenvalue weighted by atomic mass is 19.1. The van der Waals surface area contributed by atoms with Crippen LogP contribution in [0.25, 0.3) is 44.1 Å². The molecule has 0 radical (unpaired) electrons. The van der Waals surface area contributed by atoms with Gasteiger partial charge in [0.2, 0.25) is 0 Å². The van der Waals surface area contributed by atoms with E-state index in [1.165, 1.54) is 12.1 Å². The summed E-state index contributed by atoms with van der Waals surface area (Å²) in [4.78, 5) is 21.9. The molecule has 0 amide bonds. The van der Waals surface area contributed by atoms with Crippen LogP contribution in [0.4, 0.5) is 4.39 Å². The molecule has 0 saturated carbocycles. The van der Waals surface area contributed by atoms with Crippen LogP contribution in [0.5, 0.6) is 5.75 Å². The highest BCUT2D eigenvalue weighted by Gasteiger charge is 2.33. The summed E-state index contributed by atoms with van der Waals surface area (Å²) in [5, 5.41) is 6.96. The minimum Gasteiger partial charge on any atom is -0.496 e. The molecule has 172 valence electrons. The van der Waals surface area contributed by atoms with Gasteiger partial charge in [-0.25, -0.2) is 14.4 Å². The van der Waals surface area contributed by atoms with Crippen LogP contribution < -0.4 is 4.74 Å². The fourth-order valence-electron chi connectivity index (χ4n) is 5.26. The van der Waals surface area contributed by atoms with Crippen molar-refractivity contribution in [1.29, 1.82) is 0 Å². The Kier molecular flexibility index (Phi) is 4.42. The second-order valence-electron chi connectivity index (χ2n) is 8.94. The predicted molar refractivity (Wildman–Crippen MR) is 131 cm³/mol. The number of hydrogen-bond acceptors (Lipinski definition) is 5. The molecule has 2 N–H and O–H groups in total. The minimum atomic E-state index is -0.280. The van der Waals surface area contributed by atoms with Crippen molar-refractivity contribution in [2.75, 3.05) is 7.11 Å². The summed E-state index contributed by atoms with van der Waals surface area (Å²) in [6.45, 7) is 7.84. The molecule has 6 rings (SSSR count). The third kappa shape index (κ3) is 2.91. The standard InChI is InChI=1S/C26H24FN5O2/c1-11-23(16-7-6-15(27)8-19(16)28-11)25-24-17-10-21(33-5)18(22-12(2)32-34-13(22)3)9-20(17)31-26(24)30-14(4)29-25/h6-10,13,22,28H,1-5H3,(H,29,30,31). The van der Waals surface area contributed by atoms with Crippen molar-refractivity contribution in [3.8, 4) is 17.0 Å². The molecule has 4 heterocycles. The van der Waals surface area contributed by atoms with E-state index in [2.05, 4.69) is 21.2 Å². The fraction of sp³-hybridized carbons (Fsp3) is 0.269. The molecule has 8 heteroatoms. The average Bonchev–Trinajstić information content (AvgIpc) is 3.43. The number of nitrogens with zero attached hydrogens (tertiary/aromatic N) is 3. The van der Waals surface area contributed by atoms with Gasteiger partial charge in [0.1, 0.15) is 29.1 Å². The maximum absolute atomic E-state index is 13.9. The van der Waals surface area contributed by atoms with Crippen molar-refractivity contribution >= 4 is 38.6 Å². The monoisotopic (exact) mass is 457 g/mol. The van der Waals surface area contributed by atoms with Crippen LogP contribution in [0.1, 0.15) is 36.8 Å². The van der Waals surface area contributed by atoms with E-state index < -0.39 is 0 Å². The maximum Gasteiger partial charge on any atom is 0.142 e. The number of fused-ring (bicyclic) bond motifs is 4. The number of H-pyrrole nitrogens is 2. The van der Waals surface area contributed by atoms with Crippen molar-refractivity contribution in [3.05, 3.63) is 53.2 Å². The Morgan fingerprint density at radius 2 is 1.79 bits per heavy atom. The third-order valence-corrected chi connectivity index (χ3v) is 6.72. The summed E-state index contributed by atoms with van der Waals surface area (Å²) in [6, 6.07) is 8.92. The van der Waals surface area contributed by atoms with E-state index >= 15 is 0 Å². The quantitative estimate of drug-likeness (QED) is 0.353. The molecule has 0 saturated heterocycles. The topological polar surface area (TPSA) is 88.2 Å². The largest absolute Gasteiger partial charge is 0.496 e. The number of benzene rings is 2. The zero-order chi connectivity index (χ0) is 23.7. The van der Waals surface area contributed by atoms with Gasteiger partial charge < -0.3 is 19.5 Å². The number of aromatic amines is 2. The second-order valence-corrected chi connectivity index (χ2v) is 8.94. The molecular weight excluding hydrogens is 433 g/mol. The SMILES string of the molecule is COc1cc2c(cc1C1C(C)=NOC1C)[nH]c1nc(C)nc(-c3c(C)[nH]c4cc(F)ccc34)c12. The van der Waals surface area contributed by atoms with Gasteiger partial charge in [-0.2, -0.15) is 0 Å². The van der Waals surface area contributed by atoms with Crippen LogP contribution in [0.2, 0.25) is 0 Å². The zero-order valence-corrected chi connectivity index (χ0v) is 19.6. The molecule has 2 aromatic carbocycles. The molecule has 3 aromatic heterocycles. The summed E-state index contributed by atoms with van der Waals surface area (Å²) in [6.07, 6.45) is -0.0809. The van der Waals surface area contributed by atoms with Crippen LogP contribution in [0, 0.1) is 19.7 Å². The molecule has 1 aliphatic rings. The van der Waals surface area contributed by atoms with Crippen LogP contribution in [-0.4, -0.2) is 38.9 Å². The van der Waals surface area contributed by atoms with Gasteiger partial charge >= 0.3 is 0 Å². The molecule has 0 bridgehead atoms. The van der Waals surface area contributed by atoms with Crippen LogP contribution in [0.15, 0.2) is 35.5 Å². The van der Waals surface area contributed by atoms with Crippen molar-refractivity contribution in [2.24, 2.45) is 5.16 Å². The van der Waals surface area contributed by atoms with Crippen LogP contribution in [-0.2, 0) is 4.84 Å². The normalized spacial score (nSPS) is 18.1. The second kappa shape index (κ2) is 7.28. The van der Waals surface area contributed by atoms with E-state index in [1.54, 1.807) is 13.2 Å². The summed E-state index contributed by atoms with van der Waals surface area (Å²) >= 11 is 0. The van der Waals surface area contributed by atoms with Gasteiger partial charge in [-0.15, -0.1) is 0 Å². The molecule has 0 spiro atoms. The Morgan fingerprint density at radius 1 is 1.00 bits per heavy atom. The Labute approximate surface area is 195 Å². The van der Waals surface area contributed by atoms with E-state index in [4.69, 9.17) is 19.5 Å². The molecule has 0 fully saturated rings. The van der Waals surface area contributed by atoms with Gasteiger partial charge in [-0.05, 0) is 58.0 Å². The molecule has 0 aliphatic carbocycles. The molecule has 2 atom stereocenters. The molecule has 2 unspecified atom stereocenters. The van der Waals surface area contributed by atoms with Crippen LogP contribution >= 0.6 is 0 Å². The first-order valence-corrected chi connectivity index (χ1v) is 11.2. The van der Waals surface area contributed by atoms with Crippen LogP contribution in [0.3, 0.4) is 0 Å². The molecule has 1 aliphatic heterocycles. The third-order valence-electron chi connectivity index (χ3n) is 6.72. The lowest BCUT2D eigenvalue weighted by atomic mass is 9.89. The number of ether oxygens (including phenoxy) is 1. The zero-order valence-electron chi connectivity index (χ0n) is 19.6.